The summed E-state index contributed by atoms with van der Waals surface area (Å²) < 4.78 is 5.23. The number of alkyl halides is 1. The van der Waals surface area contributed by atoms with Crippen molar-refractivity contribution < 1.29 is 4.74 Å². The highest BCUT2D eigenvalue weighted by Crippen LogP contribution is 2.17. The van der Waals surface area contributed by atoms with Gasteiger partial charge in [-0.25, -0.2) is 4.98 Å². The minimum absolute atomic E-state index is 0.803. The predicted octanol–water partition coefficient (Wildman–Crippen LogP) is 3.62. The van der Waals surface area contributed by atoms with E-state index in [1.165, 1.54) is 11.1 Å². The monoisotopic (exact) mass is 320 g/mol. The summed E-state index contributed by atoms with van der Waals surface area (Å²) in [5.74, 6) is 1.85. The Balaban J connectivity index is 2.08. The number of hydrogen-bond donors (Lipinski definition) is 0. The second-order valence-corrected chi connectivity index (χ2v) is 4.93. The molecule has 3 nitrogen and oxygen atoms in total. The van der Waals surface area contributed by atoms with Gasteiger partial charge >= 0.3 is 0 Å². The maximum atomic E-state index is 5.23. The van der Waals surface area contributed by atoms with E-state index in [2.05, 4.69) is 37.9 Å². The fraction of sp³-hybridized carbons (Fsp3) is 0.267. The maximum Gasteiger partial charge on any atom is 0.128 e. The van der Waals surface area contributed by atoms with Gasteiger partial charge in [0.2, 0.25) is 0 Å². The smallest absolute Gasteiger partial charge is 0.128 e. The molecule has 0 fully saturated rings. The highest BCUT2D eigenvalue weighted by Gasteiger charge is 2.04. The van der Waals surface area contributed by atoms with Gasteiger partial charge in [0.05, 0.1) is 7.11 Å². The number of anilines is 1. The summed E-state index contributed by atoms with van der Waals surface area (Å²) in [4.78, 5) is 6.57. The normalized spacial score (nSPS) is 10.3. The van der Waals surface area contributed by atoms with Crippen LogP contribution >= 0.6 is 15.9 Å². The van der Waals surface area contributed by atoms with Crippen LogP contribution < -0.4 is 9.64 Å². The fourth-order valence-corrected chi connectivity index (χ4v) is 2.18. The zero-order chi connectivity index (χ0) is 13.7. The number of aromatic nitrogens is 1. The van der Waals surface area contributed by atoms with Crippen molar-refractivity contribution in [1.82, 2.24) is 4.98 Å². The van der Waals surface area contributed by atoms with E-state index in [1.807, 2.05) is 37.5 Å². The molecule has 19 heavy (non-hydrogen) atoms. The lowest BCUT2D eigenvalue weighted by Crippen LogP contribution is -2.17. The van der Waals surface area contributed by atoms with Crippen LogP contribution in [0.2, 0.25) is 0 Å². The Hall–Kier alpha value is -1.55. The number of rotatable bonds is 5. The fourth-order valence-electron chi connectivity index (χ4n) is 1.85. The number of pyridine rings is 1. The van der Waals surface area contributed by atoms with Gasteiger partial charge in [0.15, 0.2) is 0 Å². The molecular weight excluding hydrogens is 304 g/mol. The lowest BCUT2D eigenvalue weighted by molar-refractivity contribution is 0.414. The van der Waals surface area contributed by atoms with Crippen molar-refractivity contribution in [3.8, 4) is 5.75 Å². The molecule has 1 aromatic carbocycles. The number of halogens is 1. The minimum atomic E-state index is 0.803. The Morgan fingerprint density at radius 3 is 2.68 bits per heavy atom. The first kappa shape index (κ1) is 13.9. The van der Waals surface area contributed by atoms with E-state index < -0.39 is 0 Å². The lowest BCUT2D eigenvalue weighted by Gasteiger charge is -2.18. The quantitative estimate of drug-likeness (QED) is 0.787. The molecule has 0 aliphatic carbocycles. The highest BCUT2D eigenvalue weighted by molar-refractivity contribution is 9.08. The molecule has 0 N–H and O–H groups in total. The number of methoxy groups -OCH3 is 1. The van der Waals surface area contributed by atoms with Crippen molar-refractivity contribution in [1.29, 1.82) is 0 Å². The van der Waals surface area contributed by atoms with E-state index in [9.17, 15) is 0 Å². The number of benzene rings is 1. The highest BCUT2D eigenvalue weighted by atomic mass is 79.9. The largest absolute Gasteiger partial charge is 0.497 e. The summed E-state index contributed by atoms with van der Waals surface area (Å²) in [6.45, 7) is 0.803. The summed E-state index contributed by atoms with van der Waals surface area (Å²) in [7, 11) is 3.72. The van der Waals surface area contributed by atoms with Crippen molar-refractivity contribution in [3.63, 3.8) is 0 Å². The van der Waals surface area contributed by atoms with Gasteiger partial charge in [-0.05, 0) is 29.3 Å². The van der Waals surface area contributed by atoms with Gasteiger partial charge < -0.3 is 9.64 Å². The molecule has 0 saturated carbocycles. The SMILES string of the molecule is COc1cccc(CN(C)c2ccc(CBr)cn2)c1. The zero-order valence-corrected chi connectivity index (χ0v) is 12.7. The molecule has 0 bridgehead atoms. The first-order chi connectivity index (χ1) is 9.22. The van der Waals surface area contributed by atoms with Crippen LogP contribution in [0, 0.1) is 0 Å². The number of nitrogens with zero attached hydrogens (tertiary/aromatic N) is 2. The van der Waals surface area contributed by atoms with Gasteiger partial charge in [0, 0.05) is 25.1 Å². The molecule has 2 aromatic rings. The molecule has 0 aliphatic heterocycles. The van der Waals surface area contributed by atoms with Crippen molar-refractivity contribution in [2.75, 3.05) is 19.1 Å². The molecule has 0 saturated heterocycles. The second kappa shape index (κ2) is 6.57. The molecule has 100 valence electrons. The third kappa shape index (κ3) is 3.70. The van der Waals surface area contributed by atoms with Gasteiger partial charge in [0.1, 0.15) is 11.6 Å². The first-order valence-corrected chi connectivity index (χ1v) is 7.20. The molecule has 0 amide bonds. The topological polar surface area (TPSA) is 25.4 Å². The predicted molar refractivity (Wildman–Crippen MR) is 82.0 cm³/mol. The molecule has 0 atom stereocenters. The van der Waals surface area contributed by atoms with Gasteiger partial charge in [-0.2, -0.15) is 0 Å². The molecule has 2 rings (SSSR count). The molecule has 0 spiro atoms. The van der Waals surface area contributed by atoms with Crippen LogP contribution in [0.25, 0.3) is 0 Å². The summed E-state index contributed by atoms with van der Waals surface area (Å²) in [5.41, 5.74) is 2.38. The summed E-state index contributed by atoms with van der Waals surface area (Å²) in [5, 5.41) is 0.833. The Kier molecular flexibility index (Phi) is 4.80. The van der Waals surface area contributed by atoms with E-state index in [4.69, 9.17) is 4.74 Å². The average molecular weight is 321 g/mol. The van der Waals surface area contributed by atoms with E-state index in [-0.39, 0.29) is 0 Å². The van der Waals surface area contributed by atoms with Crippen LogP contribution in [0.3, 0.4) is 0 Å². The van der Waals surface area contributed by atoms with Crippen molar-refractivity contribution >= 4 is 21.7 Å². The Bertz CT molecular complexity index is 528. The third-order valence-electron chi connectivity index (χ3n) is 2.91. The number of ether oxygens (including phenoxy) is 1. The third-order valence-corrected chi connectivity index (χ3v) is 3.56. The van der Waals surface area contributed by atoms with Crippen molar-refractivity contribution in [2.24, 2.45) is 0 Å². The standard InChI is InChI=1S/C15H17BrN2O/c1-18(15-7-6-13(9-16)10-17-15)11-12-4-3-5-14(8-12)19-2/h3-8,10H,9,11H2,1-2H3. The molecule has 1 aromatic heterocycles. The Labute approximate surface area is 122 Å². The van der Waals surface area contributed by atoms with Crippen LogP contribution in [-0.4, -0.2) is 19.1 Å². The summed E-state index contributed by atoms with van der Waals surface area (Å²) >= 11 is 3.42. The molecule has 0 aliphatic rings. The molecule has 1 heterocycles. The minimum Gasteiger partial charge on any atom is -0.497 e. The van der Waals surface area contributed by atoms with Crippen LogP contribution in [0.4, 0.5) is 5.82 Å². The van der Waals surface area contributed by atoms with Gasteiger partial charge in [-0.15, -0.1) is 0 Å². The van der Waals surface area contributed by atoms with Crippen LogP contribution in [0.5, 0.6) is 5.75 Å². The molecule has 4 heteroatoms. The van der Waals surface area contributed by atoms with Gasteiger partial charge in [0.25, 0.3) is 0 Å². The Morgan fingerprint density at radius 1 is 1.21 bits per heavy atom. The van der Waals surface area contributed by atoms with Crippen molar-refractivity contribution in [2.45, 2.75) is 11.9 Å². The second-order valence-electron chi connectivity index (χ2n) is 4.37. The zero-order valence-electron chi connectivity index (χ0n) is 11.1. The van der Waals surface area contributed by atoms with E-state index in [1.54, 1.807) is 7.11 Å². The Morgan fingerprint density at radius 2 is 2.05 bits per heavy atom. The van der Waals surface area contributed by atoms with E-state index >= 15 is 0 Å². The van der Waals surface area contributed by atoms with E-state index in [0.29, 0.717) is 0 Å². The van der Waals surface area contributed by atoms with Crippen LogP contribution in [0.1, 0.15) is 11.1 Å². The van der Waals surface area contributed by atoms with Gasteiger partial charge in [-0.3, -0.25) is 0 Å². The summed E-state index contributed by atoms with van der Waals surface area (Å²) in [6.07, 6.45) is 1.90. The maximum absolute atomic E-state index is 5.23. The molecule has 0 unspecified atom stereocenters. The summed E-state index contributed by atoms with van der Waals surface area (Å²) in [6, 6.07) is 12.2. The van der Waals surface area contributed by atoms with Gasteiger partial charge in [-0.1, -0.05) is 34.1 Å². The van der Waals surface area contributed by atoms with Crippen molar-refractivity contribution in [3.05, 3.63) is 53.7 Å². The lowest BCUT2D eigenvalue weighted by atomic mass is 10.2. The van der Waals surface area contributed by atoms with E-state index in [0.717, 1.165) is 23.4 Å². The number of hydrogen-bond acceptors (Lipinski definition) is 3. The van der Waals surface area contributed by atoms with Crippen LogP contribution in [0.15, 0.2) is 42.6 Å². The average Bonchev–Trinajstić information content (AvgIpc) is 2.47. The van der Waals surface area contributed by atoms with Crippen LogP contribution in [-0.2, 0) is 11.9 Å². The molecular formula is C15H17BrN2O. The first-order valence-electron chi connectivity index (χ1n) is 6.08. The molecule has 0 radical (unpaired) electrons.